The van der Waals surface area contributed by atoms with Crippen molar-refractivity contribution in [3.8, 4) is 33.8 Å². The Balaban J connectivity index is 1.67. The molecular formula is C30H23N3O2S2. The summed E-state index contributed by atoms with van der Waals surface area (Å²) in [6.45, 7) is 2.07. The van der Waals surface area contributed by atoms with E-state index in [9.17, 15) is 4.79 Å². The molecule has 0 saturated carbocycles. The number of pyridine rings is 1. The van der Waals surface area contributed by atoms with E-state index in [0.717, 1.165) is 44.0 Å². The van der Waals surface area contributed by atoms with Gasteiger partial charge in [0.1, 0.15) is 15.3 Å². The number of aromatic nitrogens is 3. The van der Waals surface area contributed by atoms with Crippen molar-refractivity contribution in [2.45, 2.75) is 12.1 Å². The van der Waals surface area contributed by atoms with Crippen LogP contribution in [0.15, 0.2) is 94.9 Å². The van der Waals surface area contributed by atoms with Crippen molar-refractivity contribution < 1.29 is 4.74 Å². The van der Waals surface area contributed by atoms with Gasteiger partial charge >= 0.3 is 0 Å². The fourth-order valence-corrected chi connectivity index (χ4v) is 6.10. The molecule has 0 atom stereocenters. The zero-order valence-corrected chi connectivity index (χ0v) is 22.2. The third-order valence-corrected chi connectivity index (χ3v) is 8.08. The molecule has 6 aromatic rings. The Morgan fingerprint density at radius 3 is 2.30 bits per heavy atom. The third-order valence-electron chi connectivity index (χ3n) is 6.38. The summed E-state index contributed by atoms with van der Waals surface area (Å²) in [4.78, 5) is 24.8. The molecular weight excluding hydrogens is 498 g/mol. The van der Waals surface area contributed by atoms with Crippen molar-refractivity contribution in [2.24, 2.45) is 0 Å². The van der Waals surface area contributed by atoms with Crippen LogP contribution < -0.4 is 10.3 Å². The van der Waals surface area contributed by atoms with Crippen LogP contribution in [-0.2, 0) is 0 Å². The lowest BCUT2D eigenvalue weighted by molar-refractivity contribution is 0.414. The fraction of sp³-hybridized carbons (Fsp3) is 0.100. The highest BCUT2D eigenvalue weighted by molar-refractivity contribution is 7.98. The van der Waals surface area contributed by atoms with Crippen molar-refractivity contribution in [1.29, 1.82) is 0 Å². The molecule has 0 amide bonds. The van der Waals surface area contributed by atoms with Gasteiger partial charge in [0.2, 0.25) is 0 Å². The van der Waals surface area contributed by atoms with Crippen LogP contribution in [0.25, 0.3) is 48.5 Å². The van der Waals surface area contributed by atoms with E-state index in [0.29, 0.717) is 15.4 Å². The minimum Gasteiger partial charge on any atom is -0.497 e. The van der Waals surface area contributed by atoms with Crippen LogP contribution in [0.4, 0.5) is 0 Å². The smallest absolute Gasteiger partial charge is 0.276 e. The summed E-state index contributed by atoms with van der Waals surface area (Å²) in [6.07, 6.45) is 1.94. The molecule has 3 heterocycles. The van der Waals surface area contributed by atoms with Gasteiger partial charge in [-0.3, -0.25) is 9.36 Å². The zero-order chi connectivity index (χ0) is 25.5. The van der Waals surface area contributed by atoms with Crippen LogP contribution in [-0.4, -0.2) is 27.9 Å². The lowest BCUT2D eigenvalue weighted by atomic mass is 9.99. The number of benzene rings is 3. The number of methoxy groups -OCH3 is 1. The van der Waals surface area contributed by atoms with Gasteiger partial charge in [-0.1, -0.05) is 71.9 Å². The van der Waals surface area contributed by atoms with Crippen molar-refractivity contribution >= 4 is 43.5 Å². The van der Waals surface area contributed by atoms with Crippen LogP contribution in [0.1, 0.15) is 5.56 Å². The summed E-state index contributed by atoms with van der Waals surface area (Å²) in [5, 5.41) is 1.54. The third kappa shape index (κ3) is 4.10. The number of hydrogen-bond donors (Lipinski definition) is 0. The van der Waals surface area contributed by atoms with E-state index >= 15 is 0 Å². The lowest BCUT2D eigenvalue weighted by Gasteiger charge is -2.12. The van der Waals surface area contributed by atoms with Gasteiger partial charge < -0.3 is 4.74 Å². The van der Waals surface area contributed by atoms with Gasteiger partial charge in [-0.2, -0.15) is 0 Å². The summed E-state index contributed by atoms with van der Waals surface area (Å²) in [7, 11) is 1.63. The Kier molecular flexibility index (Phi) is 6.02. The number of aryl methyl sites for hydroxylation is 1. The summed E-state index contributed by atoms with van der Waals surface area (Å²) < 4.78 is 7.56. The number of rotatable bonds is 5. The average molecular weight is 522 g/mol. The molecule has 0 aliphatic heterocycles. The van der Waals surface area contributed by atoms with E-state index in [1.165, 1.54) is 28.7 Å². The Morgan fingerprint density at radius 2 is 1.62 bits per heavy atom. The summed E-state index contributed by atoms with van der Waals surface area (Å²) >= 11 is 2.85. The van der Waals surface area contributed by atoms with Crippen LogP contribution in [0.2, 0.25) is 0 Å². The molecule has 5 nitrogen and oxygen atoms in total. The largest absolute Gasteiger partial charge is 0.497 e. The molecule has 37 heavy (non-hydrogen) atoms. The SMILES string of the molecule is COc1ccc(-n2c(SC)nc3c(sc4nc(-c5ccc(C)cc5)cc(-c5ccccc5)c43)c2=O)cc1. The molecule has 0 aliphatic carbocycles. The van der Waals surface area contributed by atoms with Gasteiger partial charge in [0.15, 0.2) is 5.16 Å². The lowest BCUT2D eigenvalue weighted by Crippen LogP contribution is -2.20. The predicted octanol–water partition coefficient (Wildman–Crippen LogP) is 7.37. The van der Waals surface area contributed by atoms with Crippen LogP contribution in [0, 0.1) is 6.92 Å². The standard InChI is InChI=1S/C30H23N3O2S2/c1-18-9-11-20(12-10-18)24-17-23(19-7-5-4-6-8-19)25-26-27(37-28(25)31-24)29(34)33(30(32-26)36-3)21-13-15-22(35-2)16-14-21/h4-17H,1-3H3. The molecule has 3 aromatic heterocycles. The van der Waals surface area contributed by atoms with Gasteiger partial charge in [-0.15, -0.1) is 11.3 Å². The highest BCUT2D eigenvalue weighted by Crippen LogP contribution is 2.40. The van der Waals surface area contributed by atoms with Crippen LogP contribution >= 0.6 is 23.1 Å². The maximum absolute atomic E-state index is 13.9. The van der Waals surface area contributed by atoms with Crippen LogP contribution in [0.3, 0.4) is 0 Å². The Hall–Kier alpha value is -3.94. The fourth-order valence-electron chi connectivity index (χ4n) is 4.48. The summed E-state index contributed by atoms with van der Waals surface area (Å²) in [5.41, 5.74) is 6.54. The topological polar surface area (TPSA) is 57.0 Å². The second-order valence-electron chi connectivity index (χ2n) is 8.68. The molecule has 0 saturated heterocycles. The maximum atomic E-state index is 13.9. The zero-order valence-electron chi connectivity index (χ0n) is 20.6. The van der Waals surface area contributed by atoms with E-state index in [-0.39, 0.29) is 5.56 Å². The van der Waals surface area contributed by atoms with E-state index < -0.39 is 0 Å². The molecule has 0 N–H and O–H groups in total. The number of thioether (sulfide) groups is 1. The Bertz CT molecular complexity index is 1810. The van der Waals surface area contributed by atoms with Crippen molar-refractivity contribution in [3.63, 3.8) is 0 Å². The molecule has 0 bridgehead atoms. The number of hydrogen-bond acceptors (Lipinski definition) is 6. The summed E-state index contributed by atoms with van der Waals surface area (Å²) in [5.74, 6) is 0.735. The minimum atomic E-state index is -0.0987. The average Bonchev–Trinajstić information content (AvgIpc) is 3.32. The maximum Gasteiger partial charge on any atom is 0.276 e. The van der Waals surface area contributed by atoms with E-state index in [4.69, 9.17) is 14.7 Å². The quantitative estimate of drug-likeness (QED) is 0.175. The van der Waals surface area contributed by atoms with Crippen molar-refractivity contribution in [1.82, 2.24) is 14.5 Å². The first-order valence-electron chi connectivity index (χ1n) is 11.8. The van der Waals surface area contributed by atoms with Crippen molar-refractivity contribution in [3.05, 3.63) is 101 Å². The first-order valence-corrected chi connectivity index (χ1v) is 13.8. The van der Waals surface area contributed by atoms with E-state index in [1.807, 2.05) is 48.7 Å². The number of fused-ring (bicyclic) bond motifs is 3. The number of nitrogens with zero attached hydrogens (tertiary/aromatic N) is 3. The Labute approximate surface area is 222 Å². The molecule has 7 heteroatoms. The highest BCUT2D eigenvalue weighted by Gasteiger charge is 2.21. The van der Waals surface area contributed by atoms with Gasteiger partial charge in [-0.05, 0) is 54.6 Å². The van der Waals surface area contributed by atoms with Gasteiger partial charge in [0.25, 0.3) is 5.56 Å². The molecule has 6 rings (SSSR count). The Morgan fingerprint density at radius 1 is 0.892 bits per heavy atom. The molecule has 182 valence electrons. The number of thiophene rings is 1. The van der Waals surface area contributed by atoms with Gasteiger partial charge in [0, 0.05) is 10.9 Å². The first kappa shape index (κ1) is 23.5. The van der Waals surface area contributed by atoms with E-state index in [1.54, 1.807) is 11.7 Å². The molecule has 0 radical (unpaired) electrons. The molecule has 3 aromatic carbocycles. The van der Waals surface area contributed by atoms with Gasteiger partial charge in [0.05, 0.1) is 24.0 Å². The number of ether oxygens (including phenoxy) is 1. The predicted molar refractivity (Wildman–Crippen MR) is 154 cm³/mol. The first-order chi connectivity index (χ1) is 18.1. The van der Waals surface area contributed by atoms with E-state index in [2.05, 4.69) is 49.4 Å². The minimum absolute atomic E-state index is 0.0987. The second kappa shape index (κ2) is 9.50. The summed E-state index contributed by atoms with van der Waals surface area (Å²) in [6, 6.07) is 28.2. The molecule has 0 spiro atoms. The monoisotopic (exact) mass is 521 g/mol. The molecule has 0 unspecified atom stereocenters. The normalized spacial score (nSPS) is 11.3. The van der Waals surface area contributed by atoms with Crippen molar-refractivity contribution in [2.75, 3.05) is 13.4 Å². The van der Waals surface area contributed by atoms with Gasteiger partial charge in [-0.25, -0.2) is 9.97 Å². The molecule has 0 fully saturated rings. The highest BCUT2D eigenvalue weighted by atomic mass is 32.2. The molecule has 0 aliphatic rings. The second-order valence-corrected chi connectivity index (χ2v) is 10.5. The van der Waals surface area contributed by atoms with Crippen LogP contribution in [0.5, 0.6) is 5.75 Å².